The predicted octanol–water partition coefficient (Wildman–Crippen LogP) is -0.313. The maximum atomic E-state index is 8.39. The zero-order chi connectivity index (χ0) is 7.66. The lowest BCUT2D eigenvalue weighted by molar-refractivity contribution is 0.158. The molecule has 0 aliphatic rings. The summed E-state index contributed by atoms with van der Waals surface area (Å²) in [7, 11) is 0. The standard InChI is InChI=1S/C6H15NO2S/c7-1-3-9-4-6-10-5-2-8/h8H,1-7H2. The first-order valence-corrected chi connectivity index (χ1v) is 4.53. The van der Waals surface area contributed by atoms with Crippen LogP contribution in [-0.4, -0.2) is 43.0 Å². The van der Waals surface area contributed by atoms with Gasteiger partial charge in [0.15, 0.2) is 0 Å². The van der Waals surface area contributed by atoms with Crippen molar-refractivity contribution >= 4 is 11.8 Å². The molecule has 0 unspecified atom stereocenters. The Morgan fingerprint density at radius 3 is 2.70 bits per heavy atom. The highest BCUT2D eigenvalue weighted by Crippen LogP contribution is 1.96. The molecule has 0 aromatic carbocycles. The molecule has 0 saturated heterocycles. The average molecular weight is 165 g/mol. The number of hydrogen-bond donors (Lipinski definition) is 2. The van der Waals surface area contributed by atoms with Crippen LogP contribution in [0.3, 0.4) is 0 Å². The molecule has 0 amide bonds. The molecule has 0 spiro atoms. The van der Waals surface area contributed by atoms with Crippen molar-refractivity contribution in [2.75, 3.05) is 37.9 Å². The van der Waals surface area contributed by atoms with Crippen molar-refractivity contribution in [3.8, 4) is 0 Å². The van der Waals surface area contributed by atoms with E-state index in [4.69, 9.17) is 15.6 Å². The van der Waals surface area contributed by atoms with E-state index in [1.165, 1.54) is 0 Å². The predicted molar refractivity (Wildman–Crippen MR) is 44.3 cm³/mol. The monoisotopic (exact) mass is 165 g/mol. The molecule has 0 aliphatic carbocycles. The number of hydrogen-bond acceptors (Lipinski definition) is 4. The molecule has 62 valence electrons. The largest absolute Gasteiger partial charge is 0.396 e. The normalized spacial score (nSPS) is 10.2. The molecule has 0 bridgehead atoms. The van der Waals surface area contributed by atoms with Crippen molar-refractivity contribution in [3.05, 3.63) is 0 Å². The summed E-state index contributed by atoms with van der Waals surface area (Å²) in [5.41, 5.74) is 5.20. The van der Waals surface area contributed by atoms with Gasteiger partial charge < -0.3 is 15.6 Å². The van der Waals surface area contributed by atoms with E-state index in [0.717, 1.165) is 18.1 Å². The Bertz CT molecular complexity index is 55.7. The molecule has 0 aromatic rings. The molecule has 10 heavy (non-hydrogen) atoms. The van der Waals surface area contributed by atoms with Gasteiger partial charge in [-0.05, 0) is 0 Å². The van der Waals surface area contributed by atoms with Gasteiger partial charge in [0.05, 0.1) is 19.8 Å². The second-order valence-electron chi connectivity index (χ2n) is 1.74. The Morgan fingerprint density at radius 2 is 2.10 bits per heavy atom. The first-order chi connectivity index (χ1) is 4.91. The van der Waals surface area contributed by atoms with Crippen LogP contribution in [0.1, 0.15) is 0 Å². The van der Waals surface area contributed by atoms with Gasteiger partial charge in [0.1, 0.15) is 0 Å². The SMILES string of the molecule is NCCOCCSCCO. The lowest BCUT2D eigenvalue weighted by Crippen LogP contribution is -2.10. The van der Waals surface area contributed by atoms with Gasteiger partial charge in [-0.15, -0.1) is 0 Å². The van der Waals surface area contributed by atoms with Gasteiger partial charge in [0.2, 0.25) is 0 Å². The van der Waals surface area contributed by atoms with Gasteiger partial charge >= 0.3 is 0 Å². The van der Waals surface area contributed by atoms with Crippen LogP contribution in [0.15, 0.2) is 0 Å². The van der Waals surface area contributed by atoms with Crippen LogP contribution in [0.4, 0.5) is 0 Å². The van der Waals surface area contributed by atoms with E-state index in [-0.39, 0.29) is 6.61 Å². The van der Waals surface area contributed by atoms with E-state index in [1.54, 1.807) is 11.8 Å². The zero-order valence-corrected chi connectivity index (χ0v) is 6.90. The highest BCUT2D eigenvalue weighted by Gasteiger charge is 1.87. The maximum Gasteiger partial charge on any atom is 0.0589 e. The van der Waals surface area contributed by atoms with Crippen molar-refractivity contribution in [3.63, 3.8) is 0 Å². The number of rotatable bonds is 7. The Morgan fingerprint density at radius 1 is 1.30 bits per heavy atom. The minimum absolute atomic E-state index is 0.252. The summed E-state index contributed by atoms with van der Waals surface area (Å²) in [6.45, 7) is 2.22. The van der Waals surface area contributed by atoms with Crippen LogP contribution in [0, 0.1) is 0 Å². The van der Waals surface area contributed by atoms with E-state index in [0.29, 0.717) is 13.2 Å². The smallest absolute Gasteiger partial charge is 0.0589 e. The van der Waals surface area contributed by atoms with Crippen LogP contribution in [-0.2, 0) is 4.74 Å². The maximum absolute atomic E-state index is 8.39. The lowest BCUT2D eigenvalue weighted by Gasteiger charge is -2.00. The third kappa shape index (κ3) is 8.23. The van der Waals surface area contributed by atoms with Gasteiger partial charge in [0, 0.05) is 18.1 Å². The van der Waals surface area contributed by atoms with E-state index in [2.05, 4.69) is 0 Å². The van der Waals surface area contributed by atoms with Crippen LogP contribution in [0.25, 0.3) is 0 Å². The fourth-order valence-electron chi connectivity index (χ4n) is 0.470. The van der Waals surface area contributed by atoms with Crippen LogP contribution in [0.2, 0.25) is 0 Å². The first kappa shape index (κ1) is 10.2. The molecule has 4 heteroatoms. The summed E-state index contributed by atoms with van der Waals surface area (Å²) in [4.78, 5) is 0. The van der Waals surface area contributed by atoms with E-state index >= 15 is 0 Å². The van der Waals surface area contributed by atoms with Gasteiger partial charge in [-0.25, -0.2) is 0 Å². The quantitative estimate of drug-likeness (QED) is 0.508. The van der Waals surface area contributed by atoms with Gasteiger partial charge in [-0.2, -0.15) is 11.8 Å². The van der Waals surface area contributed by atoms with E-state index in [9.17, 15) is 0 Å². The van der Waals surface area contributed by atoms with Crippen molar-refractivity contribution in [1.82, 2.24) is 0 Å². The number of thioether (sulfide) groups is 1. The molecule has 3 N–H and O–H groups in total. The first-order valence-electron chi connectivity index (χ1n) is 3.38. The third-order valence-corrected chi connectivity index (χ3v) is 1.80. The summed E-state index contributed by atoms with van der Waals surface area (Å²) >= 11 is 1.69. The molecule has 0 radical (unpaired) electrons. The topological polar surface area (TPSA) is 55.5 Å². The average Bonchev–Trinajstić information content (AvgIpc) is 1.97. The molecule has 0 atom stereocenters. The molecule has 0 heterocycles. The number of ether oxygens (including phenoxy) is 1. The molecule has 0 fully saturated rings. The molecule has 0 aliphatic heterocycles. The van der Waals surface area contributed by atoms with Crippen molar-refractivity contribution in [2.24, 2.45) is 5.73 Å². The van der Waals surface area contributed by atoms with Crippen LogP contribution in [0.5, 0.6) is 0 Å². The highest BCUT2D eigenvalue weighted by atomic mass is 32.2. The second kappa shape index (κ2) is 9.23. The Labute approximate surface area is 65.9 Å². The highest BCUT2D eigenvalue weighted by molar-refractivity contribution is 7.99. The fraction of sp³-hybridized carbons (Fsp3) is 1.00. The minimum atomic E-state index is 0.252. The molecule has 0 aromatic heterocycles. The van der Waals surface area contributed by atoms with E-state index < -0.39 is 0 Å². The summed E-state index contributed by atoms with van der Waals surface area (Å²) in [5, 5.41) is 8.39. The van der Waals surface area contributed by atoms with Crippen molar-refractivity contribution in [2.45, 2.75) is 0 Å². The zero-order valence-electron chi connectivity index (χ0n) is 6.08. The van der Waals surface area contributed by atoms with Gasteiger partial charge in [-0.3, -0.25) is 0 Å². The fourth-order valence-corrected chi connectivity index (χ4v) is 1.04. The number of aliphatic hydroxyl groups excluding tert-OH is 1. The van der Waals surface area contributed by atoms with Crippen LogP contribution >= 0.6 is 11.8 Å². The molecule has 0 saturated carbocycles. The summed E-state index contributed by atoms with van der Waals surface area (Å²) in [5.74, 6) is 1.74. The molecule has 0 rings (SSSR count). The van der Waals surface area contributed by atoms with Crippen molar-refractivity contribution in [1.29, 1.82) is 0 Å². The number of aliphatic hydroxyl groups is 1. The number of nitrogens with two attached hydrogens (primary N) is 1. The molecular weight excluding hydrogens is 150 g/mol. The summed E-state index contributed by atoms with van der Waals surface area (Å²) in [6.07, 6.45) is 0. The molecular formula is C6H15NO2S. The Kier molecular flexibility index (Phi) is 9.44. The van der Waals surface area contributed by atoms with Crippen molar-refractivity contribution < 1.29 is 9.84 Å². The Balaban J connectivity index is 2.65. The third-order valence-electron chi connectivity index (χ3n) is 0.870. The second-order valence-corrected chi connectivity index (χ2v) is 2.96. The van der Waals surface area contributed by atoms with Gasteiger partial charge in [0.25, 0.3) is 0 Å². The van der Waals surface area contributed by atoms with Gasteiger partial charge in [-0.1, -0.05) is 0 Å². The summed E-state index contributed by atoms with van der Waals surface area (Å²) in [6, 6.07) is 0. The lowest BCUT2D eigenvalue weighted by atomic mass is 10.7. The summed E-state index contributed by atoms with van der Waals surface area (Å²) < 4.78 is 5.10. The Hall–Kier alpha value is 0.230. The van der Waals surface area contributed by atoms with Crippen LogP contribution < -0.4 is 5.73 Å². The van der Waals surface area contributed by atoms with E-state index in [1.807, 2.05) is 0 Å². The minimum Gasteiger partial charge on any atom is -0.396 e. The molecule has 3 nitrogen and oxygen atoms in total.